The third kappa shape index (κ3) is 2.77. The van der Waals surface area contributed by atoms with Crippen molar-refractivity contribution in [2.24, 2.45) is 7.05 Å². The average Bonchev–Trinajstić information content (AvgIpc) is 3.05. The quantitative estimate of drug-likeness (QED) is 0.739. The molecule has 0 aliphatic carbocycles. The number of carbonyl (C=O) groups is 1. The zero-order valence-corrected chi connectivity index (χ0v) is 11.4. The molecule has 0 atom stereocenters. The molecule has 7 heteroatoms. The molecule has 0 bridgehead atoms. The van der Waals surface area contributed by atoms with E-state index in [1.165, 1.54) is 6.07 Å². The van der Waals surface area contributed by atoms with E-state index in [1.54, 1.807) is 12.4 Å². The molecule has 3 rings (SSSR count). The Morgan fingerprint density at radius 3 is 2.95 bits per heavy atom. The Kier molecular flexibility index (Phi) is 3.41. The lowest BCUT2D eigenvalue weighted by Gasteiger charge is -2.04. The number of fused-ring (bicyclic) bond motifs is 1. The van der Waals surface area contributed by atoms with Gasteiger partial charge in [-0.3, -0.25) is 0 Å². The molecule has 2 N–H and O–H groups in total. The second-order valence-electron chi connectivity index (χ2n) is 4.75. The summed E-state index contributed by atoms with van der Waals surface area (Å²) in [4.78, 5) is 10.9. The van der Waals surface area contributed by atoms with Crippen LogP contribution in [-0.2, 0) is 20.1 Å². The molecule has 0 fully saturated rings. The molecular weight excluding hydrogens is 272 g/mol. The summed E-state index contributed by atoms with van der Waals surface area (Å²) < 4.78 is 7.07. The number of benzene rings is 1. The number of hydrogen-bond acceptors (Lipinski definition) is 5. The molecule has 7 nitrogen and oxygen atoms in total. The Morgan fingerprint density at radius 2 is 2.24 bits per heavy atom. The van der Waals surface area contributed by atoms with Crippen molar-refractivity contribution in [1.29, 1.82) is 0 Å². The normalized spacial score (nSPS) is 11.1. The topological polar surface area (TPSA) is 93.2 Å². The SMILES string of the molecule is Cn1cnnc1CNCc1ccc2oc(C(=O)O)cc2c1. The predicted octanol–water partition coefficient (Wildman–Crippen LogP) is 1.55. The first kappa shape index (κ1) is 13.3. The second-order valence-corrected chi connectivity index (χ2v) is 4.75. The Bertz CT molecular complexity index is 790. The van der Waals surface area contributed by atoms with Gasteiger partial charge in [-0.2, -0.15) is 0 Å². The Hall–Kier alpha value is -2.67. The summed E-state index contributed by atoms with van der Waals surface area (Å²) in [6, 6.07) is 7.13. The van der Waals surface area contributed by atoms with Crippen molar-refractivity contribution in [3.8, 4) is 0 Å². The highest BCUT2D eigenvalue weighted by molar-refractivity contribution is 5.91. The molecule has 0 aliphatic rings. The van der Waals surface area contributed by atoms with Crippen LogP contribution in [-0.4, -0.2) is 25.8 Å². The summed E-state index contributed by atoms with van der Waals surface area (Å²) in [5.41, 5.74) is 1.62. The molecule has 0 saturated carbocycles. The van der Waals surface area contributed by atoms with Crippen LogP contribution in [0.2, 0.25) is 0 Å². The van der Waals surface area contributed by atoms with E-state index in [0.717, 1.165) is 16.8 Å². The van der Waals surface area contributed by atoms with Crippen LogP contribution in [0, 0.1) is 0 Å². The van der Waals surface area contributed by atoms with Crippen molar-refractivity contribution >= 4 is 16.9 Å². The zero-order chi connectivity index (χ0) is 14.8. The monoisotopic (exact) mass is 286 g/mol. The lowest BCUT2D eigenvalue weighted by Crippen LogP contribution is -2.15. The van der Waals surface area contributed by atoms with Gasteiger partial charge in [0.05, 0.1) is 6.54 Å². The molecule has 2 heterocycles. The van der Waals surface area contributed by atoms with Gasteiger partial charge < -0.3 is 19.4 Å². The smallest absolute Gasteiger partial charge is 0.371 e. The van der Waals surface area contributed by atoms with Gasteiger partial charge in [0, 0.05) is 19.0 Å². The van der Waals surface area contributed by atoms with Crippen LogP contribution in [0.5, 0.6) is 0 Å². The van der Waals surface area contributed by atoms with E-state index in [9.17, 15) is 4.79 Å². The Morgan fingerprint density at radius 1 is 1.38 bits per heavy atom. The lowest BCUT2D eigenvalue weighted by atomic mass is 10.1. The first-order valence-corrected chi connectivity index (χ1v) is 6.43. The number of aromatic carboxylic acids is 1. The summed E-state index contributed by atoms with van der Waals surface area (Å²) >= 11 is 0. The highest BCUT2D eigenvalue weighted by Gasteiger charge is 2.10. The third-order valence-electron chi connectivity index (χ3n) is 3.21. The van der Waals surface area contributed by atoms with Crippen molar-refractivity contribution < 1.29 is 14.3 Å². The average molecular weight is 286 g/mol. The Balaban J connectivity index is 1.69. The molecule has 0 unspecified atom stereocenters. The van der Waals surface area contributed by atoms with Crippen molar-refractivity contribution in [2.45, 2.75) is 13.1 Å². The summed E-state index contributed by atoms with van der Waals surface area (Å²) in [5, 5.41) is 20.8. The maximum atomic E-state index is 10.9. The van der Waals surface area contributed by atoms with Gasteiger partial charge in [-0.15, -0.1) is 10.2 Å². The number of nitrogens with one attached hydrogen (secondary N) is 1. The number of aryl methyl sites for hydroxylation is 1. The molecular formula is C14H14N4O3. The van der Waals surface area contributed by atoms with Gasteiger partial charge in [0.25, 0.3) is 0 Å². The van der Waals surface area contributed by atoms with Crippen LogP contribution in [0.4, 0.5) is 0 Å². The van der Waals surface area contributed by atoms with Crippen molar-refractivity contribution in [3.63, 3.8) is 0 Å². The van der Waals surface area contributed by atoms with E-state index in [4.69, 9.17) is 9.52 Å². The third-order valence-corrected chi connectivity index (χ3v) is 3.21. The first-order valence-electron chi connectivity index (χ1n) is 6.43. The van der Waals surface area contributed by atoms with E-state index >= 15 is 0 Å². The molecule has 21 heavy (non-hydrogen) atoms. The molecule has 0 radical (unpaired) electrons. The number of carboxylic acid groups (broad SMARTS) is 1. The number of hydrogen-bond donors (Lipinski definition) is 2. The van der Waals surface area contributed by atoms with Crippen LogP contribution in [0.25, 0.3) is 11.0 Å². The van der Waals surface area contributed by atoms with Crippen molar-refractivity contribution in [2.75, 3.05) is 0 Å². The van der Waals surface area contributed by atoms with Crippen LogP contribution in [0.1, 0.15) is 21.9 Å². The summed E-state index contributed by atoms with van der Waals surface area (Å²) in [6.45, 7) is 1.26. The number of nitrogens with zero attached hydrogens (tertiary/aromatic N) is 3. The minimum absolute atomic E-state index is 0.0470. The number of furan rings is 1. The summed E-state index contributed by atoms with van der Waals surface area (Å²) in [7, 11) is 1.89. The molecule has 0 aliphatic heterocycles. The van der Waals surface area contributed by atoms with Gasteiger partial charge in [-0.25, -0.2) is 4.79 Å². The zero-order valence-electron chi connectivity index (χ0n) is 11.4. The van der Waals surface area contributed by atoms with Crippen LogP contribution >= 0.6 is 0 Å². The minimum atomic E-state index is -1.06. The second kappa shape index (κ2) is 5.37. The van der Waals surface area contributed by atoms with Crippen molar-refractivity contribution in [1.82, 2.24) is 20.1 Å². The Labute approximate surface area is 120 Å². The molecule has 3 aromatic rings. The maximum Gasteiger partial charge on any atom is 0.371 e. The van der Waals surface area contributed by atoms with Gasteiger partial charge in [-0.05, 0) is 23.8 Å². The van der Waals surface area contributed by atoms with Crippen LogP contribution in [0.3, 0.4) is 0 Å². The predicted molar refractivity (Wildman–Crippen MR) is 74.7 cm³/mol. The van der Waals surface area contributed by atoms with Gasteiger partial charge in [0.15, 0.2) is 0 Å². The van der Waals surface area contributed by atoms with Crippen LogP contribution < -0.4 is 5.32 Å². The van der Waals surface area contributed by atoms with Gasteiger partial charge in [-0.1, -0.05) is 6.07 Å². The van der Waals surface area contributed by atoms with Crippen molar-refractivity contribution in [3.05, 3.63) is 47.7 Å². The fraction of sp³-hybridized carbons (Fsp3) is 0.214. The van der Waals surface area contributed by atoms with Crippen LogP contribution in [0.15, 0.2) is 35.0 Å². The molecule has 0 spiro atoms. The van der Waals surface area contributed by atoms with Gasteiger partial charge >= 0.3 is 5.97 Å². The lowest BCUT2D eigenvalue weighted by molar-refractivity contribution is 0.0665. The standard InChI is InChI=1S/C14H14N4O3/c1-18-8-16-17-13(18)7-15-6-9-2-3-11-10(4-9)5-12(21-11)14(19)20/h2-5,8,15H,6-7H2,1H3,(H,19,20). The fourth-order valence-electron chi connectivity index (χ4n) is 2.09. The number of carboxylic acids is 1. The largest absolute Gasteiger partial charge is 0.475 e. The highest BCUT2D eigenvalue weighted by atomic mass is 16.4. The number of aromatic nitrogens is 3. The fourth-order valence-corrected chi connectivity index (χ4v) is 2.09. The highest BCUT2D eigenvalue weighted by Crippen LogP contribution is 2.20. The molecule has 108 valence electrons. The minimum Gasteiger partial charge on any atom is -0.475 e. The van der Waals surface area contributed by atoms with E-state index in [2.05, 4.69) is 15.5 Å². The summed E-state index contributed by atoms with van der Waals surface area (Å²) in [5.74, 6) is -0.255. The first-order chi connectivity index (χ1) is 10.1. The number of rotatable bonds is 5. The molecule has 0 amide bonds. The summed E-state index contributed by atoms with van der Waals surface area (Å²) in [6.07, 6.45) is 1.65. The molecule has 1 aromatic carbocycles. The molecule has 0 saturated heterocycles. The van der Waals surface area contributed by atoms with E-state index < -0.39 is 5.97 Å². The molecule has 2 aromatic heterocycles. The van der Waals surface area contributed by atoms with E-state index in [0.29, 0.717) is 18.7 Å². The van der Waals surface area contributed by atoms with E-state index in [1.807, 2.05) is 23.7 Å². The van der Waals surface area contributed by atoms with E-state index in [-0.39, 0.29) is 5.76 Å². The maximum absolute atomic E-state index is 10.9. The van der Waals surface area contributed by atoms with Gasteiger partial charge in [0.1, 0.15) is 17.7 Å². The van der Waals surface area contributed by atoms with Gasteiger partial charge in [0.2, 0.25) is 5.76 Å².